The number of fused-ring (bicyclic) bond motifs is 1. The van der Waals surface area contributed by atoms with Crippen molar-refractivity contribution < 1.29 is 0 Å². The van der Waals surface area contributed by atoms with Crippen molar-refractivity contribution >= 4 is 10.8 Å². The van der Waals surface area contributed by atoms with E-state index in [0.29, 0.717) is 0 Å². The molecular formula is C15H10N2. The Morgan fingerprint density at radius 2 is 1.88 bits per heavy atom. The van der Waals surface area contributed by atoms with Gasteiger partial charge in [0.25, 0.3) is 0 Å². The molecule has 3 rings (SSSR count). The minimum Gasteiger partial charge on any atom is -0.345 e. The number of aromatic amines is 1. The number of H-pyrrole nitrogens is 1. The van der Waals surface area contributed by atoms with Crippen molar-refractivity contribution in [2.45, 2.75) is 0 Å². The lowest BCUT2D eigenvalue weighted by molar-refractivity contribution is 1.31. The van der Waals surface area contributed by atoms with Crippen LogP contribution in [0.15, 0.2) is 48.9 Å². The maximum absolute atomic E-state index is 5.38. The lowest BCUT2D eigenvalue weighted by atomic mass is 10.0. The maximum atomic E-state index is 5.38. The first-order valence-electron chi connectivity index (χ1n) is 5.36. The monoisotopic (exact) mass is 218 g/mol. The molecule has 2 aromatic carbocycles. The van der Waals surface area contributed by atoms with E-state index in [9.17, 15) is 0 Å². The van der Waals surface area contributed by atoms with Gasteiger partial charge in [-0.05, 0) is 29.0 Å². The van der Waals surface area contributed by atoms with Crippen LogP contribution in [0, 0.1) is 12.3 Å². The SMILES string of the molecule is C#Cc1ccc2cc(-c3cnc[nH]3)ccc2c1. The van der Waals surface area contributed by atoms with Gasteiger partial charge < -0.3 is 4.98 Å². The summed E-state index contributed by atoms with van der Waals surface area (Å²) in [4.78, 5) is 7.12. The molecule has 1 aromatic heterocycles. The van der Waals surface area contributed by atoms with Gasteiger partial charge in [-0.2, -0.15) is 0 Å². The van der Waals surface area contributed by atoms with Crippen molar-refractivity contribution in [2.75, 3.05) is 0 Å². The average Bonchev–Trinajstić information content (AvgIpc) is 2.91. The minimum atomic E-state index is 0.909. The van der Waals surface area contributed by atoms with Crippen molar-refractivity contribution in [3.63, 3.8) is 0 Å². The fourth-order valence-corrected chi connectivity index (χ4v) is 1.92. The zero-order valence-corrected chi connectivity index (χ0v) is 9.14. The van der Waals surface area contributed by atoms with E-state index in [-0.39, 0.29) is 0 Å². The highest BCUT2D eigenvalue weighted by Gasteiger charge is 2.01. The highest BCUT2D eigenvalue weighted by atomic mass is 14.9. The van der Waals surface area contributed by atoms with Gasteiger partial charge in [0, 0.05) is 11.1 Å². The van der Waals surface area contributed by atoms with Gasteiger partial charge >= 0.3 is 0 Å². The minimum absolute atomic E-state index is 0.909. The number of nitrogens with zero attached hydrogens (tertiary/aromatic N) is 1. The van der Waals surface area contributed by atoms with Crippen LogP contribution in [0.4, 0.5) is 0 Å². The normalized spacial score (nSPS) is 10.3. The predicted octanol–water partition coefficient (Wildman–Crippen LogP) is 3.21. The summed E-state index contributed by atoms with van der Waals surface area (Å²) < 4.78 is 0. The second-order valence-electron chi connectivity index (χ2n) is 3.89. The summed E-state index contributed by atoms with van der Waals surface area (Å²) >= 11 is 0. The molecule has 0 aliphatic heterocycles. The van der Waals surface area contributed by atoms with Gasteiger partial charge in [0.2, 0.25) is 0 Å². The Bertz CT molecular complexity index is 703. The Hall–Kier alpha value is -2.53. The Labute approximate surface area is 99.3 Å². The maximum Gasteiger partial charge on any atom is 0.0924 e. The molecule has 0 bridgehead atoms. The molecule has 0 radical (unpaired) electrons. The smallest absolute Gasteiger partial charge is 0.0924 e. The molecule has 0 saturated heterocycles. The molecule has 0 atom stereocenters. The topological polar surface area (TPSA) is 28.7 Å². The Morgan fingerprint density at radius 3 is 2.65 bits per heavy atom. The van der Waals surface area contributed by atoms with Gasteiger partial charge in [-0.15, -0.1) is 6.42 Å². The van der Waals surface area contributed by atoms with Gasteiger partial charge in [0.15, 0.2) is 0 Å². The molecule has 17 heavy (non-hydrogen) atoms. The number of aromatic nitrogens is 2. The molecule has 3 aromatic rings. The van der Waals surface area contributed by atoms with E-state index in [0.717, 1.165) is 22.2 Å². The fraction of sp³-hybridized carbons (Fsp3) is 0. The molecule has 1 N–H and O–H groups in total. The summed E-state index contributed by atoms with van der Waals surface area (Å²) in [5.41, 5.74) is 3.06. The van der Waals surface area contributed by atoms with Crippen molar-refractivity contribution in [1.29, 1.82) is 0 Å². The first-order chi connectivity index (χ1) is 8.36. The summed E-state index contributed by atoms with van der Waals surface area (Å²) in [5.74, 6) is 2.65. The van der Waals surface area contributed by atoms with Gasteiger partial charge in [-0.25, -0.2) is 4.98 Å². The quantitative estimate of drug-likeness (QED) is 0.624. The van der Waals surface area contributed by atoms with E-state index in [1.807, 2.05) is 24.4 Å². The Morgan fingerprint density at radius 1 is 1.06 bits per heavy atom. The number of terminal acetylenes is 1. The Balaban J connectivity index is 2.18. The van der Waals surface area contributed by atoms with E-state index < -0.39 is 0 Å². The summed E-state index contributed by atoms with van der Waals surface area (Å²) in [6, 6.07) is 12.3. The number of nitrogens with one attached hydrogen (secondary N) is 1. The van der Waals surface area contributed by atoms with Crippen LogP contribution in [0.2, 0.25) is 0 Å². The van der Waals surface area contributed by atoms with Crippen LogP contribution in [-0.4, -0.2) is 9.97 Å². The average molecular weight is 218 g/mol. The van der Waals surface area contributed by atoms with Crippen molar-refractivity contribution in [1.82, 2.24) is 9.97 Å². The number of hydrogen-bond donors (Lipinski definition) is 1. The largest absolute Gasteiger partial charge is 0.345 e. The van der Waals surface area contributed by atoms with Crippen LogP contribution in [0.25, 0.3) is 22.0 Å². The van der Waals surface area contributed by atoms with E-state index >= 15 is 0 Å². The van der Waals surface area contributed by atoms with E-state index in [1.165, 1.54) is 5.39 Å². The molecule has 0 unspecified atom stereocenters. The molecule has 0 aliphatic carbocycles. The van der Waals surface area contributed by atoms with Crippen LogP contribution < -0.4 is 0 Å². The number of imidazole rings is 1. The molecule has 1 heterocycles. The van der Waals surface area contributed by atoms with Crippen LogP contribution in [-0.2, 0) is 0 Å². The zero-order chi connectivity index (χ0) is 11.7. The van der Waals surface area contributed by atoms with Gasteiger partial charge in [-0.1, -0.05) is 24.1 Å². The van der Waals surface area contributed by atoms with E-state index in [4.69, 9.17) is 6.42 Å². The van der Waals surface area contributed by atoms with Crippen LogP contribution in [0.3, 0.4) is 0 Å². The van der Waals surface area contributed by atoms with E-state index in [2.05, 4.69) is 34.1 Å². The molecule has 2 heteroatoms. The molecule has 2 nitrogen and oxygen atoms in total. The predicted molar refractivity (Wildman–Crippen MR) is 69.5 cm³/mol. The third kappa shape index (κ3) is 1.68. The molecule has 0 aliphatic rings. The first-order valence-corrected chi connectivity index (χ1v) is 5.36. The molecule has 0 saturated carbocycles. The molecule has 0 spiro atoms. The molecular weight excluding hydrogens is 208 g/mol. The summed E-state index contributed by atoms with van der Waals surface area (Å²) in [6.45, 7) is 0. The van der Waals surface area contributed by atoms with Crippen LogP contribution in [0.5, 0.6) is 0 Å². The third-order valence-corrected chi connectivity index (χ3v) is 2.82. The Kier molecular flexibility index (Phi) is 2.16. The summed E-state index contributed by atoms with van der Waals surface area (Å²) in [6.07, 6.45) is 8.88. The molecule has 0 amide bonds. The van der Waals surface area contributed by atoms with Gasteiger partial charge in [-0.3, -0.25) is 0 Å². The van der Waals surface area contributed by atoms with Crippen molar-refractivity contribution in [2.24, 2.45) is 0 Å². The lowest BCUT2D eigenvalue weighted by Gasteiger charge is -2.02. The number of hydrogen-bond acceptors (Lipinski definition) is 1. The van der Waals surface area contributed by atoms with Gasteiger partial charge in [0.05, 0.1) is 18.2 Å². The number of benzene rings is 2. The molecule has 0 fully saturated rings. The second-order valence-corrected chi connectivity index (χ2v) is 3.89. The third-order valence-electron chi connectivity index (χ3n) is 2.82. The van der Waals surface area contributed by atoms with Crippen LogP contribution >= 0.6 is 0 Å². The first kappa shape index (κ1) is 9.68. The fourth-order valence-electron chi connectivity index (χ4n) is 1.92. The summed E-state index contributed by atoms with van der Waals surface area (Å²) in [5, 5.41) is 2.33. The van der Waals surface area contributed by atoms with Crippen molar-refractivity contribution in [3.8, 4) is 23.6 Å². The second kappa shape index (κ2) is 3.80. The zero-order valence-electron chi connectivity index (χ0n) is 9.14. The standard InChI is InChI=1S/C15H10N2/c1-2-11-3-4-13-8-14(6-5-12(13)7-11)15-9-16-10-17-15/h1,3-10H,(H,16,17). The van der Waals surface area contributed by atoms with E-state index in [1.54, 1.807) is 6.33 Å². The van der Waals surface area contributed by atoms with Crippen molar-refractivity contribution in [3.05, 3.63) is 54.5 Å². The van der Waals surface area contributed by atoms with Crippen LogP contribution in [0.1, 0.15) is 5.56 Å². The number of rotatable bonds is 1. The highest BCUT2D eigenvalue weighted by Crippen LogP contribution is 2.23. The summed E-state index contributed by atoms with van der Waals surface area (Å²) in [7, 11) is 0. The molecule has 80 valence electrons. The highest BCUT2D eigenvalue weighted by molar-refractivity contribution is 5.87. The lowest BCUT2D eigenvalue weighted by Crippen LogP contribution is -1.80. The van der Waals surface area contributed by atoms with Gasteiger partial charge in [0.1, 0.15) is 0 Å².